The third-order valence-electron chi connectivity index (χ3n) is 4.68. The summed E-state index contributed by atoms with van der Waals surface area (Å²) in [4.78, 5) is 2.64. The minimum Gasteiger partial charge on any atom is -0.307 e. The van der Waals surface area contributed by atoms with Crippen molar-refractivity contribution in [3.63, 3.8) is 0 Å². The molecule has 0 spiro atoms. The van der Waals surface area contributed by atoms with Crippen molar-refractivity contribution in [1.29, 1.82) is 0 Å². The lowest BCUT2D eigenvalue weighted by Crippen LogP contribution is -2.46. The predicted octanol–water partition coefficient (Wildman–Crippen LogP) is 3.10. The van der Waals surface area contributed by atoms with Crippen molar-refractivity contribution in [2.24, 2.45) is 0 Å². The summed E-state index contributed by atoms with van der Waals surface area (Å²) in [6.45, 7) is 4.71. The first-order valence-electron chi connectivity index (χ1n) is 7.48. The lowest BCUT2D eigenvalue weighted by atomic mass is 9.96. The van der Waals surface area contributed by atoms with Crippen LogP contribution in [0.5, 0.6) is 0 Å². The summed E-state index contributed by atoms with van der Waals surface area (Å²) in [6, 6.07) is 8.58. The Morgan fingerprint density at radius 3 is 2.79 bits per heavy atom. The molecule has 1 aromatic carbocycles. The summed E-state index contributed by atoms with van der Waals surface area (Å²) in [6.07, 6.45) is 5.24. The van der Waals surface area contributed by atoms with Crippen molar-refractivity contribution in [2.45, 2.75) is 50.7 Å². The number of hydrogen-bond acceptors (Lipinski definition) is 2. The van der Waals surface area contributed by atoms with Crippen LogP contribution in [0.15, 0.2) is 24.3 Å². The van der Waals surface area contributed by atoms with E-state index in [1.165, 1.54) is 44.3 Å². The fraction of sp³-hybridized carbons (Fsp3) is 0.625. The second-order valence-corrected chi connectivity index (χ2v) is 5.99. The Morgan fingerprint density at radius 1 is 1.21 bits per heavy atom. The van der Waals surface area contributed by atoms with Crippen LogP contribution < -0.4 is 5.32 Å². The van der Waals surface area contributed by atoms with Gasteiger partial charge >= 0.3 is 0 Å². The van der Waals surface area contributed by atoms with E-state index in [1.807, 2.05) is 12.1 Å². The second-order valence-electron chi connectivity index (χ2n) is 5.99. The Morgan fingerprint density at radius 2 is 2.00 bits per heavy atom. The molecule has 3 heteroatoms. The molecule has 2 aliphatic rings. The maximum Gasteiger partial charge on any atom is 0.123 e. The Bertz CT molecular complexity index is 417. The van der Waals surface area contributed by atoms with Gasteiger partial charge in [-0.05, 0) is 63.4 Å². The average Bonchev–Trinajstić information content (AvgIpc) is 2.87. The molecule has 2 unspecified atom stereocenters. The van der Waals surface area contributed by atoms with Gasteiger partial charge in [-0.1, -0.05) is 12.1 Å². The lowest BCUT2D eigenvalue weighted by Gasteiger charge is -2.36. The van der Waals surface area contributed by atoms with Crippen LogP contribution in [0, 0.1) is 5.82 Å². The first kappa shape index (κ1) is 13.1. The third kappa shape index (κ3) is 2.98. The van der Waals surface area contributed by atoms with Crippen molar-refractivity contribution in [3.05, 3.63) is 35.6 Å². The van der Waals surface area contributed by atoms with E-state index in [9.17, 15) is 4.39 Å². The lowest BCUT2D eigenvalue weighted by molar-refractivity contribution is 0.162. The van der Waals surface area contributed by atoms with Crippen molar-refractivity contribution < 1.29 is 4.39 Å². The Balaban J connectivity index is 1.57. The maximum absolute atomic E-state index is 12.9. The van der Waals surface area contributed by atoms with Crippen LogP contribution in [0.3, 0.4) is 0 Å². The van der Waals surface area contributed by atoms with Gasteiger partial charge in [-0.25, -0.2) is 4.39 Å². The number of halogens is 1. The predicted molar refractivity (Wildman–Crippen MR) is 75.6 cm³/mol. The average molecular weight is 262 g/mol. The molecule has 2 heterocycles. The van der Waals surface area contributed by atoms with Crippen molar-refractivity contribution in [2.75, 3.05) is 13.1 Å². The van der Waals surface area contributed by atoms with Gasteiger partial charge in [0.1, 0.15) is 5.82 Å². The quantitative estimate of drug-likeness (QED) is 0.900. The Hall–Kier alpha value is -0.930. The molecule has 0 aliphatic carbocycles. The van der Waals surface area contributed by atoms with Gasteiger partial charge in [0.05, 0.1) is 0 Å². The highest BCUT2D eigenvalue weighted by molar-refractivity contribution is 5.19. The molecule has 2 aliphatic heterocycles. The molecule has 1 aromatic rings. The molecule has 2 nitrogen and oxygen atoms in total. The van der Waals surface area contributed by atoms with Crippen LogP contribution in [0.4, 0.5) is 4.39 Å². The van der Waals surface area contributed by atoms with Crippen LogP contribution >= 0.6 is 0 Å². The summed E-state index contributed by atoms with van der Waals surface area (Å²) in [5.74, 6) is -0.157. The summed E-state index contributed by atoms with van der Waals surface area (Å²) in [5.41, 5.74) is 1.18. The first-order valence-corrected chi connectivity index (χ1v) is 7.48. The Labute approximate surface area is 115 Å². The summed E-state index contributed by atoms with van der Waals surface area (Å²) in [7, 11) is 0. The van der Waals surface area contributed by atoms with E-state index in [1.54, 1.807) is 12.1 Å². The molecule has 0 aromatic heterocycles. The van der Waals surface area contributed by atoms with Crippen LogP contribution in [-0.4, -0.2) is 30.1 Å². The number of benzene rings is 1. The molecule has 0 amide bonds. The van der Waals surface area contributed by atoms with Crippen LogP contribution in [0.1, 0.15) is 44.2 Å². The van der Waals surface area contributed by atoms with E-state index in [2.05, 4.69) is 17.1 Å². The minimum atomic E-state index is -0.157. The molecular weight excluding hydrogens is 239 g/mol. The molecule has 2 fully saturated rings. The van der Waals surface area contributed by atoms with E-state index < -0.39 is 0 Å². The standard InChI is InChI=1S/C16H23FN2/c1-12(13-4-6-14(17)7-5-13)18-15-8-10-19-9-2-3-16(19)11-15/h4-7,12,15-16,18H,2-3,8-11H2,1H3/t12-,15?,16?/m0/s1. The van der Waals surface area contributed by atoms with Gasteiger partial charge in [0, 0.05) is 18.1 Å². The molecule has 0 bridgehead atoms. The summed E-state index contributed by atoms with van der Waals surface area (Å²) >= 11 is 0. The van der Waals surface area contributed by atoms with E-state index in [4.69, 9.17) is 0 Å². The number of piperidine rings is 1. The van der Waals surface area contributed by atoms with E-state index in [-0.39, 0.29) is 5.82 Å². The minimum absolute atomic E-state index is 0.157. The largest absolute Gasteiger partial charge is 0.307 e. The van der Waals surface area contributed by atoms with E-state index in [0.29, 0.717) is 12.1 Å². The van der Waals surface area contributed by atoms with Crippen LogP contribution in [0.2, 0.25) is 0 Å². The first-order chi connectivity index (χ1) is 9.22. The highest BCUT2D eigenvalue weighted by atomic mass is 19.1. The third-order valence-corrected chi connectivity index (χ3v) is 4.68. The fourth-order valence-corrected chi connectivity index (χ4v) is 3.58. The van der Waals surface area contributed by atoms with Gasteiger partial charge in [-0.2, -0.15) is 0 Å². The fourth-order valence-electron chi connectivity index (χ4n) is 3.58. The topological polar surface area (TPSA) is 15.3 Å². The number of fused-ring (bicyclic) bond motifs is 1. The van der Waals surface area contributed by atoms with Gasteiger partial charge in [0.15, 0.2) is 0 Å². The molecule has 3 rings (SSSR count). The number of nitrogens with one attached hydrogen (secondary N) is 1. The van der Waals surface area contributed by atoms with Crippen LogP contribution in [-0.2, 0) is 0 Å². The number of nitrogens with zero attached hydrogens (tertiary/aromatic N) is 1. The zero-order valence-corrected chi connectivity index (χ0v) is 11.6. The highest BCUT2D eigenvalue weighted by Gasteiger charge is 2.31. The highest BCUT2D eigenvalue weighted by Crippen LogP contribution is 2.28. The van der Waals surface area contributed by atoms with Gasteiger partial charge in [0.25, 0.3) is 0 Å². The normalized spacial score (nSPS) is 29.2. The van der Waals surface area contributed by atoms with E-state index in [0.717, 1.165) is 6.04 Å². The molecular formula is C16H23FN2. The number of rotatable bonds is 3. The van der Waals surface area contributed by atoms with Crippen molar-refractivity contribution in [3.8, 4) is 0 Å². The van der Waals surface area contributed by atoms with Gasteiger partial charge in [-0.3, -0.25) is 0 Å². The molecule has 3 atom stereocenters. The second kappa shape index (κ2) is 5.59. The van der Waals surface area contributed by atoms with Gasteiger partial charge in [-0.15, -0.1) is 0 Å². The zero-order chi connectivity index (χ0) is 13.2. The summed E-state index contributed by atoms with van der Waals surface area (Å²) in [5, 5.41) is 3.72. The molecule has 2 saturated heterocycles. The molecule has 104 valence electrons. The molecule has 0 saturated carbocycles. The smallest absolute Gasteiger partial charge is 0.123 e. The van der Waals surface area contributed by atoms with Crippen LogP contribution in [0.25, 0.3) is 0 Å². The van der Waals surface area contributed by atoms with Gasteiger partial charge in [0.2, 0.25) is 0 Å². The molecule has 1 N–H and O–H groups in total. The summed E-state index contributed by atoms with van der Waals surface area (Å²) < 4.78 is 12.9. The molecule has 0 radical (unpaired) electrons. The Kier molecular flexibility index (Phi) is 3.85. The van der Waals surface area contributed by atoms with Gasteiger partial charge < -0.3 is 10.2 Å². The number of hydrogen-bond donors (Lipinski definition) is 1. The van der Waals surface area contributed by atoms with E-state index >= 15 is 0 Å². The SMILES string of the molecule is C[C@H](NC1CCN2CCCC2C1)c1ccc(F)cc1. The molecule has 19 heavy (non-hydrogen) atoms. The zero-order valence-electron chi connectivity index (χ0n) is 11.6. The maximum atomic E-state index is 12.9. The monoisotopic (exact) mass is 262 g/mol. The van der Waals surface area contributed by atoms with Crippen molar-refractivity contribution >= 4 is 0 Å². The van der Waals surface area contributed by atoms with Crippen molar-refractivity contribution in [1.82, 2.24) is 10.2 Å².